The van der Waals surface area contributed by atoms with Gasteiger partial charge in [-0.05, 0) is 56.0 Å². The zero-order chi connectivity index (χ0) is 18.2. The molecule has 0 heterocycles. The number of benzene rings is 2. The van der Waals surface area contributed by atoms with Crippen LogP contribution in [-0.4, -0.2) is 24.8 Å². The summed E-state index contributed by atoms with van der Waals surface area (Å²) < 4.78 is 0. The van der Waals surface area contributed by atoms with Gasteiger partial charge in [0.05, 0.1) is 0 Å². The second-order valence-electron chi connectivity index (χ2n) is 7.24. The van der Waals surface area contributed by atoms with Gasteiger partial charge in [0, 0.05) is 12.0 Å². The van der Waals surface area contributed by atoms with Crippen molar-refractivity contribution in [2.75, 3.05) is 13.6 Å². The summed E-state index contributed by atoms with van der Waals surface area (Å²) in [6.07, 6.45) is 3.05. The highest BCUT2D eigenvalue weighted by molar-refractivity contribution is 5.85. The maximum absolute atomic E-state index is 11.7. The van der Waals surface area contributed by atoms with Crippen LogP contribution in [0.1, 0.15) is 68.2 Å². The van der Waals surface area contributed by atoms with Crippen molar-refractivity contribution in [3.05, 3.63) is 71.3 Å². The van der Waals surface area contributed by atoms with E-state index in [2.05, 4.69) is 81.2 Å². The summed E-state index contributed by atoms with van der Waals surface area (Å²) in [6.45, 7) is 7.61. The predicted octanol–water partition coefficient (Wildman–Crippen LogP) is 5.99. The van der Waals surface area contributed by atoms with Crippen LogP contribution in [-0.2, 0) is 4.79 Å². The molecule has 0 N–H and O–H groups in total. The van der Waals surface area contributed by atoms with Crippen LogP contribution in [0.4, 0.5) is 0 Å². The van der Waals surface area contributed by atoms with Crippen molar-refractivity contribution in [1.29, 1.82) is 0 Å². The van der Waals surface area contributed by atoms with Crippen LogP contribution in [0.3, 0.4) is 0 Å². The van der Waals surface area contributed by atoms with Crippen LogP contribution in [0, 0.1) is 0 Å². The normalized spacial score (nSPS) is 13.3. The van der Waals surface area contributed by atoms with E-state index < -0.39 is 0 Å². The topological polar surface area (TPSA) is 20.3 Å². The first-order valence-corrected chi connectivity index (χ1v) is 9.34. The third kappa shape index (κ3) is 5.96. The molecule has 0 aliphatic heterocycles. The molecule has 2 aromatic rings. The lowest BCUT2D eigenvalue weighted by molar-refractivity contribution is -0.109. The van der Waals surface area contributed by atoms with Gasteiger partial charge in [-0.2, -0.15) is 0 Å². The molecule has 0 aliphatic rings. The van der Waals surface area contributed by atoms with Crippen LogP contribution in [0.15, 0.2) is 54.6 Å². The molecule has 0 spiro atoms. The summed E-state index contributed by atoms with van der Waals surface area (Å²) in [5, 5.41) is 0. The summed E-state index contributed by atoms with van der Waals surface area (Å²) in [7, 11) is 2.16. The largest absolute Gasteiger partial charge is 0.303 e. The SMILES string of the molecule is CC(C)c1ccccc1C(C=O)CCCN(C)C(C)c1ccccc1.Cl. The Kier molecular flexibility index (Phi) is 9.61. The van der Waals surface area contributed by atoms with E-state index in [0.717, 1.165) is 25.7 Å². The third-order valence-corrected chi connectivity index (χ3v) is 5.15. The number of halogens is 1. The maximum atomic E-state index is 11.7. The van der Waals surface area contributed by atoms with Gasteiger partial charge in [-0.25, -0.2) is 0 Å². The number of aldehydes is 1. The first-order valence-electron chi connectivity index (χ1n) is 9.34. The molecule has 2 rings (SSSR count). The quantitative estimate of drug-likeness (QED) is 0.503. The summed E-state index contributed by atoms with van der Waals surface area (Å²) >= 11 is 0. The van der Waals surface area contributed by atoms with Gasteiger partial charge in [0.25, 0.3) is 0 Å². The predicted molar refractivity (Wildman–Crippen MR) is 113 cm³/mol. The number of carbonyl (C=O) groups is 1. The van der Waals surface area contributed by atoms with Crippen molar-refractivity contribution in [3.63, 3.8) is 0 Å². The molecule has 2 unspecified atom stereocenters. The molecule has 2 aromatic carbocycles. The zero-order valence-electron chi connectivity index (χ0n) is 16.4. The van der Waals surface area contributed by atoms with Crippen molar-refractivity contribution in [1.82, 2.24) is 4.90 Å². The molecule has 0 bridgehead atoms. The number of nitrogens with zero attached hydrogens (tertiary/aromatic N) is 1. The fourth-order valence-corrected chi connectivity index (χ4v) is 3.41. The van der Waals surface area contributed by atoms with Crippen LogP contribution in [0.2, 0.25) is 0 Å². The van der Waals surface area contributed by atoms with E-state index in [-0.39, 0.29) is 18.3 Å². The Morgan fingerprint density at radius 3 is 2.08 bits per heavy atom. The molecule has 0 radical (unpaired) electrons. The van der Waals surface area contributed by atoms with E-state index in [1.807, 2.05) is 6.07 Å². The minimum Gasteiger partial charge on any atom is -0.303 e. The average molecular weight is 374 g/mol. The second kappa shape index (κ2) is 11.2. The highest BCUT2D eigenvalue weighted by Gasteiger charge is 2.17. The summed E-state index contributed by atoms with van der Waals surface area (Å²) in [5.41, 5.74) is 3.83. The van der Waals surface area contributed by atoms with Gasteiger partial charge in [-0.3, -0.25) is 4.90 Å². The Balaban J connectivity index is 0.00000338. The van der Waals surface area contributed by atoms with Crippen molar-refractivity contribution in [2.24, 2.45) is 0 Å². The lowest BCUT2D eigenvalue weighted by Crippen LogP contribution is -2.24. The van der Waals surface area contributed by atoms with E-state index in [1.165, 1.54) is 16.7 Å². The fourth-order valence-electron chi connectivity index (χ4n) is 3.41. The van der Waals surface area contributed by atoms with Crippen LogP contribution in [0.5, 0.6) is 0 Å². The first kappa shape index (κ1) is 22.4. The van der Waals surface area contributed by atoms with Crippen molar-refractivity contribution < 1.29 is 4.79 Å². The Morgan fingerprint density at radius 1 is 0.923 bits per heavy atom. The third-order valence-electron chi connectivity index (χ3n) is 5.15. The van der Waals surface area contributed by atoms with Crippen molar-refractivity contribution in [3.8, 4) is 0 Å². The molecule has 26 heavy (non-hydrogen) atoms. The van der Waals surface area contributed by atoms with Gasteiger partial charge in [0.15, 0.2) is 0 Å². The highest BCUT2D eigenvalue weighted by Crippen LogP contribution is 2.28. The molecule has 142 valence electrons. The van der Waals surface area contributed by atoms with E-state index in [4.69, 9.17) is 0 Å². The first-order chi connectivity index (χ1) is 12.0. The molecule has 0 aromatic heterocycles. The molecular weight excluding hydrogens is 342 g/mol. The molecule has 0 fully saturated rings. The van der Waals surface area contributed by atoms with Gasteiger partial charge in [0.1, 0.15) is 6.29 Å². The molecule has 2 atom stereocenters. The minimum atomic E-state index is -0.000897. The molecule has 0 aliphatic carbocycles. The zero-order valence-corrected chi connectivity index (χ0v) is 17.2. The molecule has 3 heteroatoms. The van der Waals surface area contributed by atoms with Gasteiger partial charge < -0.3 is 4.79 Å². The number of rotatable bonds is 9. The molecule has 0 saturated heterocycles. The van der Waals surface area contributed by atoms with Gasteiger partial charge in [0.2, 0.25) is 0 Å². The monoisotopic (exact) mass is 373 g/mol. The van der Waals surface area contributed by atoms with Crippen LogP contribution >= 0.6 is 12.4 Å². The van der Waals surface area contributed by atoms with E-state index in [1.54, 1.807) is 0 Å². The lowest BCUT2D eigenvalue weighted by atomic mass is 9.87. The molecule has 0 amide bonds. The van der Waals surface area contributed by atoms with E-state index >= 15 is 0 Å². The minimum absolute atomic E-state index is 0. The number of hydrogen-bond acceptors (Lipinski definition) is 2. The van der Waals surface area contributed by atoms with Gasteiger partial charge in [-0.15, -0.1) is 12.4 Å². The highest BCUT2D eigenvalue weighted by atomic mass is 35.5. The van der Waals surface area contributed by atoms with E-state index in [0.29, 0.717) is 12.0 Å². The Labute approximate surface area is 165 Å². The summed E-state index contributed by atoms with van der Waals surface area (Å²) in [5.74, 6) is 0.443. The Morgan fingerprint density at radius 2 is 1.50 bits per heavy atom. The smallest absolute Gasteiger partial charge is 0.127 e. The second-order valence-corrected chi connectivity index (χ2v) is 7.24. The van der Waals surface area contributed by atoms with Crippen molar-refractivity contribution in [2.45, 2.75) is 51.5 Å². The van der Waals surface area contributed by atoms with Gasteiger partial charge >= 0.3 is 0 Å². The number of hydrogen-bond donors (Lipinski definition) is 0. The lowest BCUT2D eigenvalue weighted by Gasteiger charge is -2.26. The number of carbonyl (C=O) groups excluding carboxylic acids is 1. The molecule has 2 nitrogen and oxygen atoms in total. The Bertz CT molecular complexity index is 656. The summed E-state index contributed by atoms with van der Waals surface area (Å²) in [4.78, 5) is 14.1. The van der Waals surface area contributed by atoms with Crippen LogP contribution in [0.25, 0.3) is 0 Å². The Hall–Kier alpha value is -1.64. The van der Waals surface area contributed by atoms with Gasteiger partial charge in [-0.1, -0.05) is 68.4 Å². The molecular formula is C23H32ClNO. The van der Waals surface area contributed by atoms with Crippen molar-refractivity contribution >= 4 is 18.7 Å². The molecule has 0 saturated carbocycles. The average Bonchev–Trinajstić information content (AvgIpc) is 2.65. The van der Waals surface area contributed by atoms with E-state index in [9.17, 15) is 4.79 Å². The maximum Gasteiger partial charge on any atom is 0.127 e. The van der Waals surface area contributed by atoms with Crippen LogP contribution < -0.4 is 0 Å². The fraction of sp³-hybridized carbons (Fsp3) is 0.435. The standard InChI is InChI=1S/C23H31NO.ClH/c1-18(2)22-14-8-9-15-23(22)21(17-25)13-10-16-24(4)19(3)20-11-6-5-7-12-20;/h5-9,11-12,14-15,17-19,21H,10,13,16H2,1-4H3;1H. The summed E-state index contributed by atoms with van der Waals surface area (Å²) in [6, 6.07) is 19.3.